The lowest BCUT2D eigenvalue weighted by Crippen LogP contribution is -2.36. The summed E-state index contributed by atoms with van der Waals surface area (Å²) in [6.07, 6.45) is -7.28. The molecule has 2 fully saturated rings. The van der Waals surface area contributed by atoms with Crippen LogP contribution >= 0.6 is 0 Å². The van der Waals surface area contributed by atoms with Crippen molar-refractivity contribution in [3.05, 3.63) is 44.5 Å². The number of aliphatic hydroxyl groups is 7. The van der Waals surface area contributed by atoms with Gasteiger partial charge in [0.25, 0.3) is 0 Å². The lowest BCUT2D eigenvalue weighted by Gasteiger charge is -2.18. The quantitative estimate of drug-likeness (QED) is 0.153. The van der Waals surface area contributed by atoms with Crippen LogP contribution in [-0.2, 0) is 16.1 Å². The topological polar surface area (TPSA) is 299 Å². The van der Waals surface area contributed by atoms with Gasteiger partial charge in [-0.1, -0.05) is 0 Å². The summed E-state index contributed by atoms with van der Waals surface area (Å²) in [6.45, 7) is -1.46. The second-order valence-corrected chi connectivity index (χ2v) is 8.35. The van der Waals surface area contributed by atoms with Gasteiger partial charge in [0.1, 0.15) is 48.3 Å². The zero-order valence-corrected chi connectivity index (χ0v) is 19.6. The summed E-state index contributed by atoms with van der Waals surface area (Å²) < 4.78 is 12.1. The average Bonchev–Trinajstić information content (AvgIpc) is 3.34. The predicted octanol–water partition coefficient (Wildman–Crippen LogP) is -5.82. The van der Waals surface area contributed by atoms with E-state index in [9.17, 15) is 34.8 Å². The second-order valence-electron chi connectivity index (χ2n) is 8.35. The van der Waals surface area contributed by atoms with Crippen LogP contribution in [0.25, 0.3) is 0 Å². The largest absolute Gasteiger partial charge is 0.394 e. The molecule has 0 bridgehead atoms. The van der Waals surface area contributed by atoms with Gasteiger partial charge in [-0.2, -0.15) is 9.97 Å². The first-order chi connectivity index (χ1) is 18.0. The van der Waals surface area contributed by atoms with Crippen molar-refractivity contribution in [1.29, 1.82) is 0 Å². The van der Waals surface area contributed by atoms with Gasteiger partial charge in [-0.05, 0) is 0 Å². The van der Waals surface area contributed by atoms with Crippen molar-refractivity contribution < 1.29 is 50.0 Å². The summed E-state index contributed by atoms with van der Waals surface area (Å²) in [6, 6.07) is 0. The number of anilines is 2. The Bertz CT molecular complexity index is 1250. The van der Waals surface area contributed by atoms with Crippen molar-refractivity contribution in [2.24, 2.45) is 0 Å². The fraction of sp³-hybridized carbons (Fsp3) is 0.550. The van der Waals surface area contributed by atoms with Crippen LogP contribution in [0.1, 0.15) is 28.4 Å². The van der Waals surface area contributed by atoms with Gasteiger partial charge in [-0.3, -0.25) is 13.9 Å². The highest BCUT2D eigenvalue weighted by Crippen LogP contribution is 2.29. The number of hydrogen-bond donors (Lipinski definition) is 9. The van der Waals surface area contributed by atoms with E-state index < -0.39 is 80.3 Å². The van der Waals surface area contributed by atoms with Gasteiger partial charge in [0, 0.05) is 18.0 Å². The summed E-state index contributed by atoms with van der Waals surface area (Å²) in [5.41, 5.74) is 9.33. The SMILES string of the molecule is Nc1nc(=O)n([C@@H]2O[C@H](CO)[C@@H](O)[C@H]2O)cc1C=O.Nc1nc(=O)n([C@@H]2O[C@H](CO)[C@@H](O)[C@H]2O)cc1CO. The summed E-state index contributed by atoms with van der Waals surface area (Å²) in [5.74, 6) is -0.349. The number of ether oxygens (including phenoxy) is 2. The van der Waals surface area contributed by atoms with Crippen LogP contribution in [0, 0.1) is 0 Å². The Hall–Kier alpha value is -3.33. The van der Waals surface area contributed by atoms with Crippen molar-refractivity contribution in [3.8, 4) is 0 Å². The van der Waals surface area contributed by atoms with Gasteiger partial charge >= 0.3 is 11.4 Å². The number of hydrogen-bond acceptors (Lipinski definition) is 16. The van der Waals surface area contributed by atoms with E-state index in [0.29, 0.717) is 6.29 Å². The molecule has 18 heteroatoms. The monoisotopic (exact) mass is 544 g/mol. The molecule has 4 rings (SSSR count). The van der Waals surface area contributed by atoms with Crippen LogP contribution in [0.4, 0.5) is 11.6 Å². The van der Waals surface area contributed by atoms with E-state index in [4.69, 9.17) is 36.3 Å². The predicted molar refractivity (Wildman–Crippen MR) is 123 cm³/mol. The number of nitrogen functional groups attached to an aromatic ring is 2. The van der Waals surface area contributed by atoms with E-state index in [2.05, 4.69) is 9.97 Å². The molecule has 4 heterocycles. The molecular formula is C20H28N6O12. The molecule has 0 aromatic carbocycles. The molecule has 0 spiro atoms. The molecule has 0 saturated carbocycles. The lowest BCUT2D eigenvalue weighted by atomic mass is 10.1. The molecule has 0 aliphatic carbocycles. The fourth-order valence-corrected chi connectivity index (χ4v) is 3.82. The summed E-state index contributed by atoms with van der Waals surface area (Å²) in [4.78, 5) is 41.0. The van der Waals surface area contributed by atoms with Crippen LogP contribution < -0.4 is 22.8 Å². The standard InChI is InChI=1S/C10H15N3O6.C10H13N3O6/c2*11-8-4(2-14)1-13(10(18)12-8)9-7(17)6(16)5(3-15)19-9/h1,5-7,9,14-17H,2-3H2,(H2,11,12,18);1-2,5-7,9,15-17H,3H2,(H2,11,12,18)/t2*5-,6-,7-,9-/m11/s1. The molecule has 210 valence electrons. The molecule has 2 saturated heterocycles. The van der Waals surface area contributed by atoms with E-state index in [0.717, 1.165) is 15.3 Å². The number of aliphatic hydroxyl groups excluding tert-OH is 7. The molecule has 18 nitrogen and oxygen atoms in total. The van der Waals surface area contributed by atoms with Crippen molar-refractivity contribution in [3.63, 3.8) is 0 Å². The number of nitrogens with two attached hydrogens (primary N) is 2. The minimum atomic E-state index is -1.43. The molecule has 2 aliphatic heterocycles. The fourth-order valence-electron chi connectivity index (χ4n) is 3.82. The van der Waals surface area contributed by atoms with Gasteiger partial charge < -0.3 is 56.7 Å². The Kier molecular flexibility index (Phi) is 9.25. The van der Waals surface area contributed by atoms with E-state index in [1.165, 1.54) is 6.20 Å². The second kappa shape index (κ2) is 12.0. The molecule has 2 aromatic heterocycles. The van der Waals surface area contributed by atoms with Crippen LogP contribution in [-0.4, -0.2) is 111 Å². The first kappa shape index (κ1) is 29.2. The highest BCUT2D eigenvalue weighted by Gasteiger charge is 2.45. The first-order valence-corrected chi connectivity index (χ1v) is 11.1. The molecule has 0 radical (unpaired) electrons. The smallest absolute Gasteiger partial charge is 0.351 e. The summed E-state index contributed by atoms with van der Waals surface area (Å²) >= 11 is 0. The number of aldehydes is 1. The first-order valence-electron chi connectivity index (χ1n) is 11.1. The molecule has 2 aromatic rings. The van der Waals surface area contributed by atoms with Gasteiger partial charge in [-0.15, -0.1) is 0 Å². The van der Waals surface area contributed by atoms with E-state index in [1.54, 1.807) is 0 Å². The van der Waals surface area contributed by atoms with E-state index >= 15 is 0 Å². The number of aromatic nitrogens is 4. The Balaban J connectivity index is 0.000000211. The molecule has 0 unspecified atom stereocenters. The van der Waals surface area contributed by atoms with Crippen molar-refractivity contribution in [1.82, 2.24) is 19.1 Å². The van der Waals surface area contributed by atoms with Gasteiger partial charge in [-0.25, -0.2) is 9.59 Å². The third-order valence-electron chi connectivity index (χ3n) is 5.95. The Labute approximate surface area is 212 Å². The third kappa shape index (κ3) is 5.57. The highest BCUT2D eigenvalue weighted by molar-refractivity contribution is 5.80. The van der Waals surface area contributed by atoms with Crippen LogP contribution in [0.3, 0.4) is 0 Å². The summed E-state index contributed by atoms with van der Waals surface area (Å²) in [7, 11) is 0. The van der Waals surface area contributed by atoms with Gasteiger partial charge in [0.2, 0.25) is 0 Å². The highest BCUT2D eigenvalue weighted by atomic mass is 16.6. The maximum absolute atomic E-state index is 11.7. The maximum Gasteiger partial charge on any atom is 0.351 e. The van der Waals surface area contributed by atoms with Crippen molar-refractivity contribution in [2.45, 2.75) is 55.7 Å². The molecule has 11 N–H and O–H groups in total. The van der Waals surface area contributed by atoms with E-state index in [1.807, 2.05) is 0 Å². The molecule has 8 atom stereocenters. The minimum Gasteiger partial charge on any atom is -0.394 e. The van der Waals surface area contributed by atoms with Crippen molar-refractivity contribution in [2.75, 3.05) is 24.7 Å². The van der Waals surface area contributed by atoms with Gasteiger partial charge in [0.05, 0.1) is 25.4 Å². The van der Waals surface area contributed by atoms with Gasteiger partial charge in [0.15, 0.2) is 18.7 Å². The third-order valence-corrected chi connectivity index (χ3v) is 5.95. The Morgan fingerprint density at radius 1 is 0.789 bits per heavy atom. The maximum atomic E-state index is 11.7. The van der Waals surface area contributed by atoms with Crippen LogP contribution in [0.5, 0.6) is 0 Å². The zero-order valence-electron chi connectivity index (χ0n) is 19.6. The number of carbonyl (C=O) groups excluding carboxylic acids is 1. The molecular weight excluding hydrogens is 516 g/mol. The number of rotatable bonds is 6. The number of nitrogens with zero attached hydrogens (tertiary/aromatic N) is 4. The Morgan fingerprint density at radius 3 is 1.63 bits per heavy atom. The van der Waals surface area contributed by atoms with Crippen molar-refractivity contribution >= 4 is 17.9 Å². The number of carbonyl (C=O) groups is 1. The molecule has 0 amide bonds. The lowest BCUT2D eigenvalue weighted by molar-refractivity contribution is -0.0551. The zero-order chi connectivity index (χ0) is 28.3. The van der Waals surface area contributed by atoms with E-state index in [-0.39, 0.29) is 22.8 Å². The molecule has 2 aliphatic rings. The molecule has 38 heavy (non-hydrogen) atoms. The minimum absolute atomic E-state index is 0.0441. The average molecular weight is 544 g/mol. The van der Waals surface area contributed by atoms with Crippen LogP contribution in [0.2, 0.25) is 0 Å². The Morgan fingerprint density at radius 2 is 1.24 bits per heavy atom. The van der Waals surface area contributed by atoms with Crippen LogP contribution in [0.15, 0.2) is 22.0 Å². The summed E-state index contributed by atoms with van der Waals surface area (Å²) in [5, 5.41) is 65.8. The normalized spacial score (nSPS) is 30.6.